The molecule has 0 aliphatic heterocycles. The summed E-state index contributed by atoms with van der Waals surface area (Å²) < 4.78 is 0. The molecule has 1 aliphatic rings. The predicted octanol–water partition coefficient (Wildman–Crippen LogP) is 3.09. The number of aryl methyl sites for hydroxylation is 1. The van der Waals surface area contributed by atoms with E-state index in [-0.39, 0.29) is 0 Å². The molecule has 0 bridgehead atoms. The lowest BCUT2D eigenvalue weighted by atomic mass is 10.1. The highest BCUT2D eigenvalue weighted by molar-refractivity contribution is 5.88. The van der Waals surface area contributed by atoms with Gasteiger partial charge in [-0.05, 0) is 31.4 Å². The fraction of sp³-hybridized carbons (Fsp3) is 0.571. The van der Waals surface area contributed by atoms with Gasteiger partial charge in [0.05, 0.1) is 5.56 Å². The van der Waals surface area contributed by atoms with Gasteiger partial charge in [-0.25, -0.2) is 9.78 Å². The van der Waals surface area contributed by atoms with Gasteiger partial charge < -0.3 is 10.4 Å². The molecule has 0 unspecified atom stereocenters. The highest BCUT2D eigenvalue weighted by Gasteiger charge is 2.16. The van der Waals surface area contributed by atoms with Crippen LogP contribution in [-0.4, -0.2) is 22.1 Å². The third kappa shape index (κ3) is 3.22. The summed E-state index contributed by atoms with van der Waals surface area (Å²) >= 11 is 0. The molecule has 98 valence electrons. The fourth-order valence-electron chi connectivity index (χ4n) is 2.45. The van der Waals surface area contributed by atoms with Gasteiger partial charge in [0.1, 0.15) is 5.82 Å². The first-order valence-electron chi connectivity index (χ1n) is 6.70. The van der Waals surface area contributed by atoms with Crippen LogP contribution in [0.1, 0.15) is 55.1 Å². The van der Waals surface area contributed by atoms with E-state index in [2.05, 4.69) is 17.2 Å². The van der Waals surface area contributed by atoms with E-state index in [1.807, 2.05) is 0 Å². The van der Waals surface area contributed by atoms with Gasteiger partial charge in [0.2, 0.25) is 0 Å². The Hall–Kier alpha value is -1.58. The Morgan fingerprint density at radius 2 is 2.17 bits per heavy atom. The highest BCUT2D eigenvalue weighted by atomic mass is 16.4. The van der Waals surface area contributed by atoms with E-state index >= 15 is 0 Å². The van der Waals surface area contributed by atoms with E-state index in [0.717, 1.165) is 31.4 Å². The molecule has 1 aromatic rings. The first-order valence-corrected chi connectivity index (χ1v) is 6.70. The molecule has 1 fully saturated rings. The number of anilines is 1. The minimum absolute atomic E-state index is 0.328. The van der Waals surface area contributed by atoms with Gasteiger partial charge in [-0.1, -0.05) is 26.2 Å². The van der Waals surface area contributed by atoms with Gasteiger partial charge >= 0.3 is 5.97 Å². The monoisotopic (exact) mass is 248 g/mol. The Bertz CT molecular complexity index is 426. The minimum atomic E-state index is -0.885. The molecule has 0 radical (unpaired) electrons. The van der Waals surface area contributed by atoms with Crippen LogP contribution in [-0.2, 0) is 6.42 Å². The van der Waals surface area contributed by atoms with E-state index in [9.17, 15) is 4.79 Å². The van der Waals surface area contributed by atoms with Crippen molar-refractivity contribution in [3.8, 4) is 0 Å². The lowest BCUT2D eigenvalue weighted by Crippen LogP contribution is -2.16. The second-order valence-electron chi connectivity index (χ2n) is 4.91. The van der Waals surface area contributed by atoms with Crippen LogP contribution in [0.3, 0.4) is 0 Å². The molecule has 1 aliphatic carbocycles. The number of carboxylic acid groups (broad SMARTS) is 1. The van der Waals surface area contributed by atoms with Crippen LogP contribution in [0.4, 0.5) is 5.82 Å². The van der Waals surface area contributed by atoms with Crippen molar-refractivity contribution in [2.45, 2.75) is 51.5 Å². The molecule has 0 atom stereocenters. The van der Waals surface area contributed by atoms with E-state index in [4.69, 9.17) is 5.11 Å². The number of carbonyl (C=O) groups is 1. The van der Waals surface area contributed by atoms with Crippen LogP contribution in [0.5, 0.6) is 0 Å². The van der Waals surface area contributed by atoms with Crippen LogP contribution < -0.4 is 5.32 Å². The van der Waals surface area contributed by atoms with Crippen molar-refractivity contribution in [3.63, 3.8) is 0 Å². The lowest BCUT2D eigenvalue weighted by molar-refractivity contribution is 0.0696. The average molecular weight is 248 g/mol. The average Bonchev–Trinajstić information content (AvgIpc) is 2.82. The molecule has 0 aromatic carbocycles. The quantitative estimate of drug-likeness (QED) is 0.840. The number of nitrogens with zero attached hydrogens (tertiary/aromatic N) is 1. The zero-order valence-corrected chi connectivity index (χ0v) is 10.8. The molecule has 18 heavy (non-hydrogen) atoms. The van der Waals surface area contributed by atoms with Gasteiger partial charge in [-0.3, -0.25) is 0 Å². The third-order valence-electron chi connectivity index (χ3n) is 3.34. The smallest absolute Gasteiger partial charge is 0.335 e. The molecule has 1 saturated carbocycles. The fourth-order valence-corrected chi connectivity index (χ4v) is 2.45. The molecule has 0 saturated heterocycles. The number of aromatic nitrogens is 1. The number of nitrogens with one attached hydrogen (secondary N) is 1. The zero-order valence-electron chi connectivity index (χ0n) is 10.8. The number of hydrogen-bond donors (Lipinski definition) is 2. The largest absolute Gasteiger partial charge is 0.478 e. The number of aromatic carboxylic acids is 1. The topological polar surface area (TPSA) is 62.2 Å². The number of rotatable bonds is 5. The Kier molecular flexibility index (Phi) is 4.18. The number of pyridine rings is 1. The summed E-state index contributed by atoms with van der Waals surface area (Å²) in [6.07, 6.45) is 6.60. The summed E-state index contributed by atoms with van der Waals surface area (Å²) in [6, 6.07) is 3.77. The van der Waals surface area contributed by atoms with Crippen LogP contribution in [0, 0.1) is 0 Å². The zero-order chi connectivity index (χ0) is 13.0. The maximum absolute atomic E-state index is 11.1. The Balaban J connectivity index is 2.18. The maximum atomic E-state index is 11.1. The SMILES string of the molecule is CCCc1cc(C(=O)O)cc(NC2CCCC2)n1. The van der Waals surface area contributed by atoms with Gasteiger partial charge in [-0.2, -0.15) is 0 Å². The summed E-state index contributed by atoms with van der Waals surface area (Å²) in [6.45, 7) is 2.07. The van der Waals surface area contributed by atoms with Gasteiger partial charge in [0.15, 0.2) is 0 Å². The second kappa shape index (κ2) is 5.85. The van der Waals surface area contributed by atoms with Crippen molar-refractivity contribution in [3.05, 3.63) is 23.4 Å². The van der Waals surface area contributed by atoms with Crippen molar-refractivity contribution in [2.24, 2.45) is 0 Å². The van der Waals surface area contributed by atoms with Crippen molar-refractivity contribution in [1.82, 2.24) is 4.98 Å². The third-order valence-corrected chi connectivity index (χ3v) is 3.34. The minimum Gasteiger partial charge on any atom is -0.478 e. The molecule has 4 heteroatoms. The summed E-state index contributed by atoms with van der Waals surface area (Å²) in [5.74, 6) is -0.172. The van der Waals surface area contributed by atoms with Gasteiger partial charge in [0, 0.05) is 11.7 Å². The van der Waals surface area contributed by atoms with Gasteiger partial charge in [-0.15, -0.1) is 0 Å². The summed E-state index contributed by atoms with van der Waals surface area (Å²) in [5.41, 5.74) is 1.19. The van der Waals surface area contributed by atoms with Crippen molar-refractivity contribution < 1.29 is 9.90 Å². The van der Waals surface area contributed by atoms with E-state index in [1.165, 1.54) is 12.8 Å². The molecule has 0 spiro atoms. The highest BCUT2D eigenvalue weighted by Crippen LogP contribution is 2.22. The molecule has 1 aromatic heterocycles. The number of hydrogen-bond acceptors (Lipinski definition) is 3. The van der Waals surface area contributed by atoms with E-state index in [1.54, 1.807) is 12.1 Å². The Morgan fingerprint density at radius 3 is 2.78 bits per heavy atom. The Labute approximate surface area is 107 Å². The molecule has 4 nitrogen and oxygen atoms in total. The molecule has 1 heterocycles. The predicted molar refractivity (Wildman–Crippen MR) is 71.1 cm³/mol. The van der Waals surface area contributed by atoms with Crippen LogP contribution in [0.15, 0.2) is 12.1 Å². The molecule has 2 rings (SSSR count). The molecular weight excluding hydrogens is 228 g/mol. The van der Waals surface area contributed by atoms with Gasteiger partial charge in [0.25, 0.3) is 0 Å². The second-order valence-corrected chi connectivity index (χ2v) is 4.91. The molecular formula is C14H20N2O2. The maximum Gasteiger partial charge on any atom is 0.335 e. The summed E-state index contributed by atoms with van der Waals surface area (Å²) in [4.78, 5) is 15.6. The first-order chi connectivity index (χ1) is 8.69. The summed E-state index contributed by atoms with van der Waals surface area (Å²) in [7, 11) is 0. The summed E-state index contributed by atoms with van der Waals surface area (Å²) in [5, 5.41) is 12.5. The van der Waals surface area contributed by atoms with Crippen molar-refractivity contribution in [1.29, 1.82) is 0 Å². The van der Waals surface area contributed by atoms with Crippen LogP contribution in [0.2, 0.25) is 0 Å². The lowest BCUT2D eigenvalue weighted by Gasteiger charge is -2.14. The van der Waals surface area contributed by atoms with Crippen LogP contribution in [0.25, 0.3) is 0 Å². The standard InChI is InChI=1S/C14H20N2O2/c1-2-5-12-8-10(14(17)18)9-13(16-12)15-11-6-3-4-7-11/h8-9,11H,2-7H2,1H3,(H,15,16)(H,17,18). The first kappa shape index (κ1) is 12.9. The number of carboxylic acids is 1. The van der Waals surface area contributed by atoms with Crippen LogP contribution >= 0.6 is 0 Å². The molecule has 2 N–H and O–H groups in total. The van der Waals surface area contributed by atoms with Crippen molar-refractivity contribution >= 4 is 11.8 Å². The normalized spacial score (nSPS) is 15.8. The van der Waals surface area contributed by atoms with E-state index in [0.29, 0.717) is 17.4 Å². The van der Waals surface area contributed by atoms with E-state index < -0.39 is 5.97 Å². The molecule has 0 amide bonds. The van der Waals surface area contributed by atoms with Crippen molar-refractivity contribution in [2.75, 3.05) is 5.32 Å². The Morgan fingerprint density at radius 1 is 1.44 bits per heavy atom.